The SMILES string of the molecule is CC(C)S(=O)(=O)NC1CCC(C(=O)Nc2ccc(N)cc2)CC1. The highest BCUT2D eigenvalue weighted by atomic mass is 32.2. The quantitative estimate of drug-likeness (QED) is 0.715. The summed E-state index contributed by atoms with van der Waals surface area (Å²) in [7, 11) is -3.25. The van der Waals surface area contributed by atoms with Crippen LogP contribution in [0, 0.1) is 5.92 Å². The van der Waals surface area contributed by atoms with Crippen molar-refractivity contribution in [2.75, 3.05) is 11.1 Å². The lowest BCUT2D eigenvalue weighted by atomic mass is 9.86. The third-order valence-corrected chi connectivity index (χ3v) is 6.13. The Morgan fingerprint density at radius 2 is 1.70 bits per heavy atom. The first-order valence-corrected chi connectivity index (χ1v) is 9.50. The van der Waals surface area contributed by atoms with Crippen LogP contribution < -0.4 is 15.8 Å². The van der Waals surface area contributed by atoms with Crippen molar-refractivity contribution in [3.05, 3.63) is 24.3 Å². The highest BCUT2D eigenvalue weighted by molar-refractivity contribution is 7.90. The van der Waals surface area contributed by atoms with Crippen LogP contribution in [0.25, 0.3) is 0 Å². The smallest absolute Gasteiger partial charge is 0.227 e. The number of benzene rings is 1. The van der Waals surface area contributed by atoms with E-state index >= 15 is 0 Å². The molecule has 0 atom stereocenters. The second kappa shape index (κ2) is 7.31. The highest BCUT2D eigenvalue weighted by Crippen LogP contribution is 2.26. The fourth-order valence-electron chi connectivity index (χ4n) is 2.65. The fraction of sp³-hybridized carbons (Fsp3) is 0.562. The molecule has 1 aromatic rings. The Balaban J connectivity index is 1.84. The van der Waals surface area contributed by atoms with Crippen LogP contribution in [0.3, 0.4) is 0 Å². The van der Waals surface area contributed by atoms with E-state index in [1.807, 2.05) is 0 Å². The van der Waals surface area contributed by atoms with Crippen LogP contribution in [-0.2, 0) is 14.8 Å². The first-order valence-electron chi connectivity index (χ1n) is 7.95. The second-order valence-corrected chi connectivity index (χ2v) is 8.64. The summed E-state index contributed by atoms with van der Waals surface area (Å²) >= 11 is 0. The van der Waals surface area contributed by atoms with Gasteiger partial charge in [0.25, 0.3) is 0 Å². The molecule has 7 heteroatoms. The number of rotatable bonds is 5. The maximum absolute atomic E-state index is 12.3. The lowest BCUT2D eigenvalue weighted by molar-refractivity contribution is -0.120. The highest BCUT2D eigenvalue weighted by Gasteiger charge is 2.29. The predicted molar refractivity (Wildman–Crippen MR) is 92.4 cm³/mol. The van der Waals surface area contributed by atoms with Crippen molar-refractivity contribution in [1.29, 1.82) is 0 Å². The van der Waals surface area contributed by atoms with Crippen molar-refractivity contribution >= 4 is 27.3 Å². The van der Waals surface area contributed by atoms with Crippen molar-refractivity contribution in [2.45, 2.75) is 50.8 Å². The summed E-state index contributed by atoms with van der Waals surface area (Å²) < 4.78 is 26.5. The number of nitrogens with one attached hydrogen (secondary N) is 2. The molecule has 0 bridgehead atoms. The summed E-state index contributed by atoms with van der Waals surface area (Å²) in [5.41, 5.74) is 7.00. The molecular formula is C16H25N3O3S. The first kappa shape index (κ1) is 17.7. The zero-order valence-electron chi connectivity index (χ0n) is 13.6. The molecule has 0 aliphatic heterocycles. The molecule has 1 aliphatic rings. The van der Waals surface area contributed by atoms with E-state index in [-0.39, 0.29) is 17.9 Å². The van der Waals surface area contributed by atoms with Crippen molar-refractivity contribution in [3.63, 3.8) is 0 Å². The molecule has 0 saturated heterocycles. The van der Waals surface area contributed by atoms with Gasteiger partial charge in [-0.15, -0.1) is 0 Å². The summed E-state index contributed by atoms with van der Waals surface area (Å²) in [4.78, 5) is 12.3. The van der Waals surface area contributed by atoms with Gasteiger partial charge in [0.1, 0.15) is 0 Å². The van der Waals surface area contributed by atoms with Gasteiger partial charge >= 0.3 is 0 Å². The number of anilines is 2. The Bertz CT molecular complexity index is 633. The molecule has 0 unspecified atom stereocenters. The van der Waals surface area contributed by atoms with Crippen LogP contribution in [0.15, 0.2) is 24.3 Å². The molecule has 1 amide bonds. The van der Waals surface area contributed by atoms with Crippen LogP contribution in [-0.4, -0.2) is 25.6 Å². The molecule has 0 heterocycles. The number of amides is 1. The Kier molecular flexibility index (Phi) is 5.64. The van der Waals surface area contributed by atoms with Crippen LogP contribution in [0.5, 0.6) is 0 Å². The summed E-state index contributed by atoms with van der Waals surface area (Å²) in [6.45, 7) is 3.32. The summed E-state index contributed by atoms with van der Waals surface area (Å²) in [5, 5.41) is 2.45. The molecule has 1 aromatic carbocycles. The lowest BCUT2D eigenvalue weighted by Crippen LogP contribution is -2.42. The van der Waals surface area contributed by atoms with Gasteiger partial charge in [-0.25, -0.2) is 13.1 Å². The molecule has 0 aromatic heterocycles. The zero-order valence-corrected chi connectivity index (χ0v) is 14.4. The van der Waals surface area contributed by atoms with Gasteiger partial charge in [-0.1, -0.05) is 0 Å². The average molecular weight is 339 g/mol. The van der Waals surface area contributed by atoms with E-state index in [9.17, 15) is 13.2 Å². The Hall–Kier alpha value is -1.60. The fourth-order valence-corrected chi connectivity index (χ4v) is 3.63. The molecule has 2 rings (SSSR count). The zero-order chi connectivity index (χ0) is 17.0. The molecule has 6 nitrogen and oxygen atoms in total. The number of sulfonamides is 1. The molecular weight excluding hydrogens is 314 g/mol. The summed E-state index contributed by atoms with van der Waals surface area (Å²) in [5.74, 6) is -0.0905. The third-order valence-electron chi connectivity index (χ3n) is 4.23. The molecule has 1 fully saturated rings. The summed E-state index contributed by atoms with van der Waals surface area (Å²) in [6, 6.07) is 6.97. The van der Waals surface area contributed by atoms with E-state index in [1.165, 1.54) is 0 Å². The average Bonchev–Trinajstić information content (AvgIpc) is 2.49. The van der Waals surface area contributed by atoms with Gasteiger partial charge in [-0.2, -0.15) is 0 Å². The number of nitrogens with two attached hydrogens (primary N) is 1. The topological polar surface area (TPSA) is 101 Å². The van der Waals surface area contributed by atoms with Crippen molar-refractivity contribution in [1.82, 2.24) is 4.72 Å². The largest absolute Gasteiger partial charge is 0.399 e. The van der Waals surface area contributed by atoms with Crippen molar-refractivity contribution in [3.8, 4) is 0 Å². The Morgan fingerprint density at radius 1 is 1.13 bits per heavy atom. The molecule has 1 aliphatic carbocycles. The maximum Gasteiger partial charge on any atom is 0.227 e. The number of nitrogen functional groups attached to an aromatic ring is 1. The van der Waals surface area contributed by atoms with Crippen LogP contribution >= 0.6 is 0 Å². The molecule has 4 N–H and O–H groups in total. The number of carbonyl (C=O) groups is 1. The predicted octanol–water partition coefficient (Wildman–Crippen LogP) is 2.09. The molecule has 0 spiro atoms. The van der Waals surface area contributed by atoms with Crippen molar-refractivity contribution < 1.29 is 13.2 Å². The van der Waals surface area contributed by atoms with Gasteiger partial charge in [-0.05, 0) is 63.8 Å². The normalized spacial score (nSPS) is 22.0. The van der Waals surface area contributed by atoms with E-state index in [4.69, 9.17) is 5.73 Å². The third kappa shape index (κ3) is 4.94. The molecule has 1 saturated carbocycles. The number of hydrogen-bond donors (Lipinski definition) is 3. The molecule has 0 radical (unpaired) electrons. The Labute approximate surface area is 137 Å². The van der Waals surface area contributed by atoms with Gasteiger partial charge in [-0.3, -0.25) is 4.79 Å². The van der Waals surface area contributed by atoms with Crippen molar-refractivity contribution in [2.24, 2.45) is 5.92 Å². The monoisotopic (exact) mass is 339 g/mol. The van der Waals surface area contributed by atoms with Gasteiger partial charge in [0.2, 0.25) is 15.9 Å². The van der Waals surface area contributed by atoms with Crippen LogP contribution in [0.2, 0.25) is 0 Å². The number of carbonyl (C=O) groups excluding carboxylic acids is 1. The second-order valence-electron chi connectivity index (χ2n) is 6.37. The minimum atomic E-state index is -3.25. The van der Waals surface area contributed by atoms with Gasteiger partial charge in [0, 0.05) is 23.3 Å². The van der Waals surface area contributed by atoms with Gasteiger partial charge < -0.3 is 11.1 Å². The van der Waals surface area contributed by atoms with Gasteiger partial charge in [0.15, 0.2) is 0 Å². The van der Waals surface area contributed by atoms with E-state index in [2.05, 4.69) is 10.0 Å². The number of hydrogen-bond acceptors (Lipinski definition) is 4. The standard InChI is InChI=1S/C16H25N3O3S/c1-11(2)23(21,22)19-15-7-3-12(4-8-15)16(20)18-14-9-5-13(17)6-10-14/h5-6,9-12,15,19H,3-4,7-8,17H2,1-2H3,(H,18,20). The minimum Gasteiger partial charge on any atom is -0.399 e. The first-order chi connectivity index (χ1) is 10.8. The van der Waals surface area contributed by atoms with Gasteiger partial charge in [0.05, 0.1) is 5.25 Å². The Morgan fingerprint density at radius 3 is 2.22 bits per heavy atom. The van der Waals surface area contributed by atoms with Crippen LogP contribution in [0.1, 0.15) is 39.5 Å². The lowest BCUT2D eigenvalue weighted by Gasteiger charge is -2.28. The summed E-state index contributed by atoms with van der Waals surface area (Å²) in [6.07, 6.45) is 2.75. The van der Waals surface area contributed by atoms with E-state index in [0.717, 1.165) is 5.69 Å². The van der Waals surface area contributed by atoms with E-state index in [0.29, 0.717) is 31.4 Å². The van der Waals surface area contributed by atoms with E-state index < -0.39 is 15.3 Å². The molecule has 128 valence electrons. The maximum atomic E-state index is 12.3. The molecule has 23 heavy (non-hydrogen) atoms. The van der Waals surface area contributed by atoms with E-state index in [1.54, 1.807) is 38.1 Å². The minimum absolute atomic E-state index is 0.0139. The van der Waals surface area contributed by atoms with Crippen LogP contribution in [0.4, 0.5) is 11.4 Å².